The van der Waals surface area contributed by atoms with E-state index in [1.165, 1.54) is 0 Å². The minimum atomic E-state index is -0.376. The van der Waals surface area contributed by atoms with Gasteiger partial charge in [0.05, 0.1) is 5.41 Å². The number of ether oxygens (including phenoxy) is 2. The number of amides is 2. The average molecular weight is 316 g/mol. The van der Waals surface area contributed by atoms with Crippen molar-refractivity contribution in [2.45, 2.75) is 19.3 Å². The van der Waals surface area contributed by atoms with E-state index in [0.717, 1.165) is 25.8 Å². The lowest BCUT2D eigenvalue weighted by Gasteiger charge is -2.37. The number of carbonyl (C=O) groups is 2. The van der Waals surface area contributed by atoms with E-state index in [0.29, 0.717) is 30.2 Å². The Morgan fingerprint density at radius 1 is 1.17 bits per heavy atom. The molecule has 0 saturated carbocycles. The summed E-state index contributed by atoms with van der Waals surface area (Å²) >= 11 is 0. The molecule has 1 spiro atoms. The first-order chi connectivity index (χ1) is 11.1. The van der Waals surface area contributed by atoms with Crippen LogP contribution < -0.4 is 9.47 Å². The van der Waals surface area contributed by atoms with Crippen molar-refractivity contribution in [3.63, 3.8) is 0 Å². The lowest BCUT2D eigenvalue weighted by atomic mass is 9.78. The maximum Gasteiger partial charge on any atom is 0.254 e. The topological polar surface area (TPSA) is 59.1 Å². The molecule has 1 atom stereocenters. The van der Waals surface area contributed by atoms with E-state index < -0.39 is 0 Å². The van der Waals surface area contributed by atoms with Crippen LogP contribution in [0.3, 0.4) is 0 Å². The van der Waals surface area contributed by atoms with Crippen molar-refractivity contribution in [2.75, 3.05) is 33.5 Å². The van der Waals surface area contributed by atoms with Crippen molar-refractivity contribution in [3.05, 3.63) is 23.8 Å². The summed E-state index contributed by atoms with van der Waals surface area (Å²) in [5.41, 5.74) is 0.210. The molecular formula is C17H20N2O4. The van der Waals surface area contributed by atoms with Crippen molar-refractivity contribution < 1.29 is 19.1 Å². The van der Waals surface area contributed by atoms with Crippen LogP contribution in [0.15, 0.2) is 18.2 Å². The monoisotopic (exact) mass is 316 g/mol. The van der Waals surface area contributed by atoms with E-state index in [1.54, 1.807) is 28.0 Å². The molecule has 0 radical (unpaired) electrons. The molecule has 2 fully saturated rings. The maximum absolute atomic E-state index is 12.8. The van der Waals surface area contributed by atoms with Crippen LogP contribution in [0.2, 0.25) is 0 Å². The lowest BCUT2D eigenvalue weighted by molar-refractivity contribution is -0.143. The number of hydrogen-bond donors (Lipinski definition) is 0. The van der Waals surface area contributed by atoms with Gasteiger partial charge in [0, 0.05) is 32.2 Å². The summed E-state index contributed by atoms with van der Waals surface area (Å²) in [5.74, 6) is 1.42. The normalized spacial score (nSPS) is 26.2. The summed E-state index contributed by atoms with van der Waals surface area (Å²) in [6.45, 7) is 2.16. The molecule has 6 heteroatoms. The molecule has 0 bridgehead atoms. The first kappa shape index (κ1) is 14.4. The molecule has 3 aliphatic heterocycles. The molecule has 2 saturated heterocycles. The van der Waals surface area contributed by atoms with Crippen LogP contribution in [0.5, 0.6) is 11.5 Å². The Bertz CT molecular complexity index is 675. The van der Waals surface area contributed by atoms with Crippen LogP contribution in [0.25, 0.3) is 0 Å². The molecule has 6 nitrogen and oxygen atoms in total. The lowest BCUT2D eigenvalue weighted by Crippen LogP contribution is -2.48. The second-order valence-corrected chi connectivity index (χ2v) is 6.66. The highest BCUT2D eigenvalue weighted by Gasteiger charge is 2.48. The van der Waals surface area contributed by atoms with Crippen LogP contribution in [-0.2, 0) is 4.79 Å². The summed E-state index contributed by atoms with van der Waals surface area (Å²) in [6, 6.07) is 5.25. The molecule has 122 valence electrons. The number of likely N-dealkylation sites (tertiary alicyclic amines) is 2. The molecular weight excluding hydrogens is 296 g/mol. The fourth-order valence-electron chi connectivity index (χ4n) is 3.90. The van der Waals surface area contributed by atoms with E-state index in [1.807, 2.05) is 7.05 Å². The third kappa shape index (κ3) is 2.24. The number of carbonyl (C=O) groups excluding carboxylic acids is 2. The third-order valence-electron chi connectivity index (χ3n) is 5.21. The fraction of sp³-hybridized carbons (Fsp3) is 0.529. The SMILES string of the molecule is CN1CCC[C@@]2(CCN(C(=O)c3ccc4c(c3)OCO4)C2)C1=O. The zero-order chi connectivity index (χ0) is 16.0. The third-order valence-corrected chi connectivity index (χ3v) is 5.21. The van der Waals surface area contributed by atoms with E-state index in [2.05, 4.69) is 0 Å². The molecule has 4 rings (SSSR count). The Labute approximate surface area is 134 Å². The van der Waals surface area contributed by atoms with Gasteiger partial charge in [0.15, 0.2) is 11.5 Å². The van der Waals surface area contributed by atoms with Gasteiger partial charge in [-0.1, -0.05) is 0 Å². The van der Waals surface area contributed by atoms with Gasteiger partial charge in [-0.15, -0.1) is 0 Å². The Kier molecular flexibility index (Phi) is 3.21. The van der Waals surface area contributed by atoms with Crippen molar-refractivity contribution in [2.24, 2.45) is 5.41 Å². The van der Waals surface area contributed by atoms with Crippen molar-refractivity contribution in [3.8, 4) is 11.5 Å². The molecule has 2 amide bonds. The molecule has 23 heavy (non-hydrogen) atoms. The molecule has 0 unspecified atom stereocenters. The predicted octanol–water partition coefficient (Wildman–Crippen LogP) is 1.50. The summed E-state index contributed by atoms with van der Waals surface area (Å²) in [4.78, 5) is 28.9. The largest absolute Gasteiger partial charge is 0.454 e. The quantitative estimate of drug-likeness (QED) is 0.788. The van der Waals surface area contributed by atoms with E-state index in [9.17, 15) is 9.59 Å². The molecule has 1 aromatic rings. The first-order valence-electron chi connectivity index (χ1n) is 8.04. The van der Waals surface area contributed by atoms with Crippen LogP contribution in [0, 0.1) is 5.41 Å². The van der Waals surface area contributed by atoms with E-state index in [-0.39, 0.29) is 24.0 Å². The van der Waals surface area contributed by atoms with Gasteiger partial charge in [0.1, 0.15) is 0 Å². The fourth-order valence-corrected chi connectivity index (χ4v) is 3.90. The number of hydrogen-bond acceptors (Lipinski definition) is 4. The predicted molar refractivity (Wildman–Crippen MR) is 82.4 cm³/mol. The van der Waals surface area contributed by atoms with Crippen LogP contribution in [0.1, 0.15) is 29.6 Å². The Hall–Kier alpha value is -2.24. The number of nitrogens with zero attached hydrogens (tertiary/aromatic N) is 2. The summed E-state index contributed by atoms with van der Waals surface area (Å²) in [7, 11) is 1.85. The van der Waals surface area contributed by atoms with Gasteiger partial charge in [-0.05, 0) is 37.5 Å². The highest BCUT2D eigenvalue weighted by molar-refractivity contribution is 5.96. The summed E-state index contributed by atoms with van der Waals surface area (Å²) < 4.78 is 10.6. The maximum atomic E-state index is 12.8. The Morgan fingerprint density at radius 2 is 2.00 bits per heavy atom. The van der Waals surface area contributed by atoms with E-state index in [4.69, 9.17) is 9.47 Å². The van der Waals surface area contributed by atoms with Gasteiger partial charge in [-0.25, -0.2) is 0 Å². The zero-order valence-electron chi connectivity index (χ0n) is 13.2. The molecule has 0 aromatic heterocycles. The molecule has 3 aliphatic rings. The standard InChI is InChI=1S/C17H20N2O4/c1-18-7-2-5-17(16(18)21)6-8-19(10-17)15(20)12-3-4-13-14(9-12)23-11-22-13/h3-4,9H,2,5-8,10-11H2,1H3/t17-/m0/s1. The highest BCUT2D eigenvalue weighted by atomic mass is 16.7. The first-order valence-corrected chi connectivity index (χ1v) is 8.04. The number of fused-ring (bicyclic) bond motifs is 1. The second-order valence-electron chi connectivity index (χ2n) is 6.66. The second kappa shape index (κ2) is 5.15. The van der Waals surface area contributed by atoms with Crippen molar-refractivity contribution in [1.29, 1.82) is 0 Å². The molecule has 0 aliphatic carbocycles. The zero-order valence-corrected chi connectivity index (χ0v) is 13.2. The highest BCUT2D eigenvalue weighted by Crippen LogP contribution is 2.40. The van der Waals surface area contributed by atoms with Crippen LogP contribution in [-0.4, -0.2) is 55.1 Å². The van der Waals surface area contributed by atoms with Gasteiger partial charge >= 0.3 is 0 Å². The Morgan fingerprint density at radius 3 is 2.87 bits per heavy atom. The summed E-state index contributed by atoms with van der Waals surface area (Å²) in [5, 5.41) is 0. The average Bonchev–Trinajstić information content (AvgIpc) is 3.19. The van der Waals surface area contributed by atoms with E-state index >= 15 is 0 Å². The van der Waals surface area contributed by atoms with Crippen molar-refractivity contribution >= 4 is 11.8 Å². The van der Waals surface area contributed by atoms with Crippen LogP contribution in [0.4, 0.5) is 0 Å². The minimum Gasteiger partial charge on any atom is -0.454 e. The molecule has 0 N–H and O–H groups in total. The molecule has 1 aromatic carbocycles. The number of benzene rings is 1. The minimum absolute atomic E-state index is 0.0406. The Balaban J connectivity index is 1.53. The summed E-state index contributed by atoms with van der Waals surface area (Å²) in [6.07, 6.45) is 2.64. The van der Waals surface area contributed by atoms with Gasteiger partial charge in [-0.3, -0.25) is 9.59 Å². The van der Waals surface area contributed by atoms with Crippen molar-refractivity contribution in [1.82, 2.24) is 9.80 Å². The van der Waals surface area contributed by atoms with Gasteiger partial charge in [-0.2, -0.15) is 0 Å². The smallest absolute Gasteiger partial charge is 0.254 e. The number of rotatable bonds is 1. The van der Waals surface area contributed by atoms with Gasteiger partial charge < -0.3 is 19.3 Å². The van der Waals surface area contributed by atoms with Gasteiger partial charge in [0.2, 0.25) is 12.7 Å². The molecule has 3 heterocycles. The van der Waals surface area contributed by atoms with Gasteiger partial charge in [0.25, 0.3) is 5.91 Å². The number of piperidine rings is 1. The van der Waals surface area contributed by atoms with Crippen LogP contribution >= 0.6 is 0 Å².